The number of nitrogens with zero attached hydrogens (tertiary/aromatic N) is 1. The predicted molar refractivity (Wildman–Crippen MR) is 83.0 cm³/mol. The second-order valence-corrected chi connectivity index (χ2v) is 5.81. The third-order valence-corrected chi connectivity index (χ3v) is 4.10. The van der Waals surface area contributed by atoms with Crippen LogP contribution in [0.2, 0.25) is 0 Å². The summed E-state index contributed by atoms with van der Waals surface area (Å²) in [6.45, 7) is 2.24. The van der Waals surface area contributed by atoms with Gasteiger partial charge in [0.1, 0.15) is 0 Å². The molecule has 0 aromatic heterocycles. The van der Waals surface area contributed by atoms with Crippen LogP contribution < -0.4 is 0 Å². The van der Waals surface area contributed by atoms with Gasteiger partial charge in [-0.25, -0.2) is 0 Å². The topological polar surface area (TPSA) is 52.9 Å². The highest BCUT2D eigenvalue weighted by Gasteiger charge is 2.23. The van der Waals surface area contributed by atoms with Crippen molar-refractivity contribution in [2.24, 2.45) is 0 Å². The van der Waals surface area contributed by atoms with Crippen LogP contribution in [0.1, 0.15) is 31.2 Å². The second-order valence-electron chi connectivity index (χ2n) is 5.81. The molecule has 0 amide bonds. The zero-order valence-corrected chi connectivity index (χ0v) is 12.7. The third kappa shape index (κ3) is 5.75. The molecule has 0 saturated heterocycles. The summed E-state index contributed by atoms with van der Waals surface area (Å²) >= 11 is 0. The maximum absolute atomic E-state index is 10.1. The van der Waals surface area contributed by atoms with Crippen LogP contribution in [0.5, 0.6) is 0 Å². The minimum Gasteiger partial charge on any atom is -0.395 e. The van der Waals surface area contributed by atoms with Gasteiger partial charge in [0.2, 0.25) is 0 Å². The minimum atomic E-state index is -0.499. The van der Waals surface area contributed by atoms with Crippen molar-refractivity contribution >= 4 is 0 Å². The lowest BCUT2D eigenvalue weighted by Gasteiger charge is -2.30. The summed E-state index contributed by atoms with van der Waals surface area (Å²) in [4.78, 5) is 2.21. The highest BCUT2D eigenvalue weighted by atomic mass is 16.5. The van der Waals surface area contributed by atoms with E-state index in [1.807, 2.05) is 30.3 Å². The first-order valence-corrected chi connectivity index (χ1v) is 7.94. The molecular formula is C17H27NO3. The van der Waals surface area contributed by atoms with E-state index in [1.165, 1.54) is 25.7 Å². The first-order valence-electron chi connectivity index (χ1n) is 7.94. The lowest BCUT2D eigenvalue weighted by molar-refractivity contribution is -0.000325. The summed E-state index contributed by atoms with van der Waals surface area (Å²) in [6, 6.07) is 10.5. The number of hydrogen-bond donors (Lipinski definition) is 2. The smallest absolute Gasteiger partial charge is 0.0900 e. The summed E-state index contributed by atoms with van der Waals surface area (Å²) in [5, 5.41) is 19.3. The van der Waals surface area contributed by atoms with Crippen LogP contribution in [0.15, 0.2) is 30.3 Å². The largest absolute Gasteiger partial charge is 0.395 e. The first-order chi connectivity index (χ1) is 10.3. The van der Waals surface area contributed by atoms with Crippen molar-refractivity contribution < 1.29 is 14.9 Å². The summed E-state index contributed by atoms with van der Waals surface area (Å²) in [5.41, 5.74) is 1.12. The quantitative estimate of drug-likeness (QED) is 0.729. The van der Waals surface area contributed by atoms with Gasteiger partial charge in [0.25, 0.3) is 0 Å². The number of benzene rings is 1. The molecule has 1 aromatic carbocycles. The van der Waals surface area contributed by atoms with Crippen molar-refractivity contribution in [2.45, 2.75) is 44.4 Å². The molecule has 4 nitrogen and oxygen atoms in total. The fourth-order valence-electron chi connectivity index (χ4n) is 3.03. The Kier molecular flexibility index (Phi) is 7.16. The van der Waals surface area contributed by atoms with Crippen molar-refractivity contribution in [3.05, 3.63) is 35.9 Å². The molecular weight excluding hydrogens is 266 g/mol. The normalized spacial score (nSPS) is 17.5. The van der Waals surface area contributed by atoms with Crippen molar-refractivity contribution in [2.75, 3.05) is 26.3 Å². The van der Waals surface area contributed by atoms with E-state index < -0.39 is 6.10 Å². The number of aliphatic hydroxyl groups is 2. The molecule has 1 unspecified atom stereocenters. The highest BCUT2D eigenvalue weighted by Crippen LogP contribution is 2.23. The molecule has 0 heterocycles. The van der Waals surface area contributed by atoms with Crippen LogP contribution in [0.3, 0.4) is 0 Å². The van der Waals surface area contributed by atoms with Gasteiger partial charge in [-0.2, -0.15) is 0 Å². The Hall–Kier alpha value is -0.940. The molecule has 118 valence electrons. The van der Waals surface area contributed by atoms with Crippen molar-refractivity contribution in [3.63, 3.8) is 0 Å². The summed E-state index contributed by atoms with van der Waals surface area (Å²) < 4.78 is 5.58. The molecule has 1 saturated carbocycles. The second kappa shape index (κ2) is 9.15. The monoisotopic (exact) mass is 293 g/mol. The van der Waals surface area contributed by atoms with Crippen molar-refractivity contribution in [1.82, 2.24) is 4.90 Å². The lowest BCUT2D eigenvalue weighted by atomic mass is 10.2. The Morgan fingerprint density at radius 3 is 2.57 bits per heavy atom. The van der Waals surface area contributed by atoms with Gasteiger partial charge in [-0.05, 0) is 18.4 Å². The van der Waals surface area contributed by atoms with E-state index in [2.05, 4.69) is 4.90 Å². The van der Waals surface area contributed by atoms with Crippen LogP contribution in [-0.2, 0) is 11.3 Å². The molecule has 0 aliphatic heterocycles. The molecule has 2 rings (SSSR count). The molecule has 1 aliphatic carbocycles. The highest BCUT2D eigenvalue weighted by molar-refractivity contribution is 5.13. The molecule has 21 heavy (non-hydrogen) atoms. The SMILES string of the molecule is OCCN(CC(O)COCc1ccccc1)C1CCCC1. The maximum Gasteiger partial charge on any atom is 0.0900 e. The van der Waals surface area contributed by atoms with Crippen LogP contribution >= 0.6 is 0 Å². The number of aliphatic hydroxyl groups excluding tert-OH is 2. The van der Waals surface area contributed by atoms with E-state index in [4.69, 9.17) is 4.74 Å². The lowest BCUT2D eigenvalue weighted by Crippen LogP contribution is -2.42. The third-order valence-electron chi connectivity index (χ3n) is 4.10. The number of rotatable bonds is 9. The van der Waals surface area contributed by atoms with Crippen molar-refractivity contribution in [1.29, 1.82) is 0 Å². The molecule has 1 atom stereocenters. The van der Waals surface area contributed by atoms with Crippen LogP contribution in [0.4, 0.5) is 0 Å². The van der Waals surface area contributed by atoms with Gasteiger partial charge in [-0.1, -0.05) is 43.2 Å². The van der Waals surface area contributed by atoms with E-state index in [9.17, 15) is 10.2 Å². The Morgan fingerprint density at radius 1 is 1.19 bits per heavy atom. The molecule has 2 N–H and O–H groups in total. The van der Waals surface area contributed by atoms with Gasteiger partial charge >= 0.3 is 0 Å². The van der Waals surface area contributed by atoms with Gasteiger partial charge < -0.3 is 14.9 Å². The Labute approximate surface area is 127 Å². The first kappa shape index (κ1) is 16.4. The van der Waals surface area contributed by atoms with E-state index in [-0.39, 0.29) is 6.61 Å². The van der Waals surface area contributed by atoms with Crippen molar-refractivity contribution in [3.8, 4) is 0 Å². The molecule has 0 bridgehead atoms. The van der Waals surface area contributed by atoms with Gasteiger partial charge in [0.15, 0.2) is 0 Å². The summed E-state index contributed by atoms with van der Waals surface area (Å²) in [6.07, 6.45) is 4.37. The number of ether oxygens (including phenoxy) is 1. The van der Waals surface area contributed by atoms with Gasteiger partial charge in [-0.3, -0.25) is 4.90 Å². The Balaban J connectivity index is 1.70. The van der Waals surface area contributed by atoms with E-state index in [0.29, 0.717) is 32.3 Å². The maximum atomic E-state index is 10.1. The molecule has 1 aromatic rings. The average Bonchev–Trinajstić information content (AvgIpc) is 3.02. The summed E-state index contributed by atoms with van der Waals surface area (Å²) in [7, 11) is 0. The molecule has 4 heteroatoms. The van der Waals surface area contributed by atoms with E-state index >= 15 is 0 Å². The molecule has 1 fully saturated rings. The molecule has 0 radical (unpaired) electrons. The van der Waals surface area contributed by atoms with Crippen LogP contribution in [-0.4, -0.2) is 53.6 Å². The fourth-order valence-corrected chi connectivity index (χ4v) is 3.03. The fraction of sp³-hybridized carbons (Fsp3) is 0.647. The zero-order chi connectivity index (χ0) is 14.9. The molecule has 1 aliphatic rings. The Morgan fingerprint density at radius 2 is 1.90 bits per heavy atom. The molecule has 0 spiro atoms. The standard InChI is InChI=1S/C17H27NO3/c19-11-10-18(16-8-4-5-9-16)12-17(20)14-21-13-15-6-2-1-3-7-15/h1-3,6-7,16-17,19-20H,4-5,8-14H2. The minimum absolute atomic E-state index is 0.147. The average molecular weight is 293 g/mol. The van der Waals surface area contributed by atoms with Gasteiger partial charge in [-0.15, -0.1) is 0 Å². The zero-order valence-electron chi connectivity index (χ0n) is 12.7. The van der Waals surface area contributed by atoms with Gasteiger partial charge in [0.05, 0.1) is 25.9 Å². The van der Waals surface area contributed by atoms with Gasteiger partial charge in [0, 0.05) is 19.1 Å². The Bertz CT molecular complexity index is 379. The van der Waals surface area contributed by atoms with Crippen LogP contribution in [0.25, 0.3) is 0 Å². The van der Waals surface area contributed by atoms with E-state index in [1.54, 1.807) is 0 Å². The predicted octanol–water partition coefficient (Wildman–Crippen LogP) is 1.80. The van der Waals surface area contributed by atoms with Crippen LogP contribution in [0, 0.1) is 0 Å². The summed E-state index contributed by atoms with van der Waals surface area (Å²) in [5.74, 6) is 0. The number of hydrogen-bond acceptors (Lipinski definition) is 4. The van der Waals surface area contributed by atoms with E-state index in [0.717, 1.165) is 5.56 Å².